The summed E-state index contributed by atoms with van der Waals surface area (Å²) in [7, 11) is 3.43. The number of aryl methyl sites for hydroxylation is 1. The highest BCUT2D eigenvalue weighted by Gasteiger charge is 2.14. The average Bonchev–Trinajstić information content (AvgIpc) is 2.93. The lowest BCUT2D eigenvalue weighted by Gasteiger charge is -2.18. The van der Waals surface area contributed by atoms with Gasteiger partial charge in [0.1, 0.15) is 5.52 Å². The Bertz CT molecular complexity index is 648. The minimum Gasteiger partial charge on any atom is -0.423 e. The van der Waals surface area contributed by atoms with Crippen molar-refractivity contribution < 1.29 is 14.3 Å². The number of aliphatic hydroxyl groups excluding tert-OH is 1. The molecule has 0 aliphatic rings. The van der Waals surface area contributed by atoms with Gasteiger partial charge in [-0.1, -0.05) is 25.1 Å². The van der Waals surface area contributed by atoms with Gasteiger partial charge in [-0.3, -0.25) is 0 Å². The van der Waals surface area contributed by atoms with Gasteiger partial charge >= 0.3 is 0 Å². The summed E-state index contributed by atoms with van der Waals surface area (Å²) in [6, 6.07) is 6.51. The molecule has 0 spiro atoms. The third-order valence-electron chi connectivity index (χ3n) is 3.57. The highest BCUT2D eigenvalue weighted by Crippen LogP contribution is 2.24. The van der Waals surface area contributed by atoms with E-state index in [1.165, 1.54) is 7.11 Å². The van der Waals surface area contributed by atoms with Crippen molar-refractivity contribution in [3.05, 3.63) is 35.4 Å². The second-order valence-corrected chi connectivity index (χ2v) is 5.44. The monoisotopic (exact) mass is 304 g/mol. The highest BCUT2D eigenvalue weighted by molar-refractivity contribution is 5.77. The van der Waals surface area contributed by atoms with Crippen molar-refractivity contribution in [2.24, 2.45) is 0 Å². The molecule has 0 saturated heterocycles. The van der Waals surface area contributed by atoms with Gasteiger partial charge in [-0.2, -0.15) is 4.98 Å². The molecule has 0 aliphatic carbocycles. The summed E-state index contributed by atoms with van der Waals surface area (Å²) < 4.78 is 10.8. The molecule has 1 N–H and O–H groups in total. The minimum atomic E-state index is -0.780. The lowest BCUT2D eigenvalue weighted by molar-refractivity contribution is -0.0721. The van der Waals surface area contributed by atoms with Crippen molar-refractivity contribution >= 4 is 17.1 Å². The molecule has 2 aromatic rings. The van der Waals surface area contributed by atoms with Crippen LogP contribution >= 0.6 is 0 Å². The van der Waals surface area contributed by atoms with Crippen molar-refractivity contribution in [2.75, 3.05) is 25.6 Å². The average molecular weight is 304 g/mol. The maximum atomic E-state index is 9.67. The maximum Gasteiger partial charge on any atom is 0.298 e. The lowest BCUT2D eigenvalue weighted by atomic mass is 10.1. The summed E-state index contributed by atoms with van der Waals surface area (Å²) in [4.78, 5) is 6.47. The predicted octanol–water partition coefficient (Wildman–Crippen LogP) is 3.26. The van der Waals surface area contributed by atoms with E-state index in [4.69, 9.17) is 9.15 Å². The van der Waals surface area contributed by atoms with Gasteiger partial charge in [0.25, 0.3) is 6.01 Å². The molecule has 0 fully saturated rings. The van der Waals surface area contributed by atoms with Gasteiger partial charge in [0.05, 0.1) is 0 Å². The molecule has 5 nitrogen and oxygen atoms in total. The Morgan fingerprint density at radius 3 is 2.91 bits per heavy atom. The van der Waals surface area contributed by atoms with Gasteiger partial charge in [0.2, 0.25) is 0 Å². The molecule has 0 amide bonds. The van der Waals surface area contributed by atoms with Crippen molar-refractivity contribution in [3.63, 3.8) is 0 Å². The maximum absolute atomic E-state index is 9.67. The fraction of sp³-hybridized carbons (Fsp3) is 0.471. The van der Waals surface area contributed by atoms with Crippen LogP contribution in [0.3, 0.4) is 0 Å². The zero-order chi connectivity index (χ0) is 16.1. The molecule has 120 valence electrons. The molecule has 1 aromatic heterocycles. The van der Waals surface area contributed by atoms with E-state index in [9.17, 15) is 5.11 Å². The largest absolute Gasteiger partial charge is 0.423 e. The molecule has 0 saturated carbocycles. The Morgan fingerprint density at radius 2 is 2.27 bits per heavy atom. The quantitative estimate of drug-likeness (QED) is 0.628. The fourth-order valence-corrected chi connectivity index (χ4v) is 2.42. The molecule has 22 heavy (non-hydrogen) atoms. The number of para-hydroxylation sites is 1. The number of anilines is 1. The first kappa shape index (κ1) is 16.5. The zero-order valence-electron chi connectivity index (χ0n) is 13.7. The van der Waals surface area contributed by atoms with E-state index in [0.717, 1.165) is 28.7 Å². The number of aromatic nitrogens is 1. The van der Waals surface area contributed by atoms with E-state index < -0.39 is 6.29 Å². The van der Waals surface area contributed by atoms with Crippen LogP contribution in [0.2, 0.25) is 0 Å². The number of nitrogens with zero attached hydrogens (tertiary/aromatic N) is 2. The van der Waals surface area contributed by atoms with Crippen molar-refractivity contribution in [1.29, 1.82) is 0 Å². The first-order chi connectivity index (χ1) is 10.5. The van der Waals surface area contributed by atoms with Gasteiger partial charge in [0.15, 0.2) is 11.9 Å². The molecule has 0 radical (unpaired) electrons. The molecule has 1 atom stereocenters. The number of benzene rings is 1. The zero-order valence-corrected chi connectivity index (χ0v) is 13.7. The third-order valence-corrected chi connectivity index (χ3v) is 3.57. The van der Waals surface area contributed by atoms with E-state index in [1.54, 1.807) is 0 Å². The summed E-state index contributed by atoms with van der Waals surface area (Å²) in [5.41, 5.74) is 3.85. The van der Waals surface area contributed by atoms with Crippen LogP contribution in [-0.4, -0.2) is 37.1 Å². The van der Waals surface area contributed by atoms with Crippen LogP contribution in [0.5, 0.6) is 0 Å². The van der Waals surface area contributed by atoms with Crippen LogP contribution in [0.25, 0.3) is 11.1 Å². The lowest BCUT2D eigenvalue weighted by Crippen LogP contribution is -2.23. The number of methoxy groups -OCH3 is 1. The Hall–Kier alpha value is -1.85. The second kappa shape index (κ2) is 7.42. The number of oxazole rings is 1. The van der Waals surface area contributed by atoms with E-state index in [1.807, 2.05) is 37.1 Å². The van der Waals surface area contributed by atoms with Crippen LogP contribution in [0.4, 0.5) is 6.01 Å². The van der Waals surface area contributed by atoms with Gasteiger partial charge in [-0.05, 0) is 30.5 Å². The summed E-state index contributed by atoms with van der Waals surface area (Å²) >= 11 is 0. The number of fused-ring (bicyclic) bond motifs is 1. The summed E-state index contributed by atoms with van der Waals surface area (Å²) in [5, 5.41) is 9.67. The first-order valence-corrected chi connectivity index (χ1v) is 7.51. The third kappa shape index (κ3) is 3.87. The number of likely N-dealkylation sites (N-methyl/N-ethyl adjacent to an activating group) is 1. The summed E-state index contributed by atoms with van der Waals surface area (Å²) in [6.07, 6.45) is 2.71. The van der Waals surface area contributed by atoms with Gasteiger partial charge in [-0.15, -0.1) is 0 Å². The molecule has 1 heterocycles. The summed E-state index contributed by atoms with van der Waals surface area (Å²) in [6.45, 7) is 4.72. The van der Waals surface area contributed by atoms with E-state index >= 15 is 0 Å². The van der Waals surface area contributed by atoms with Crippen LogP contribution in [-0.2, 0) is 4.74 Å². The number of hydrogen-bond donors (Lipinski definition) is 1. The molecule has 1 aromatic carbocycles. The molecular weight excluding hydrogens is 280 g/mol. The molecule has 5 heteroatoms. The van der Waals surface area contributed by atoms with E-state index in [-0.39, 0.29) is 0 Å². The number of rotatable bonds is 7. The first-order valence-electron chi connectivity index (χ1n) is 7.51. The highest BCUT2D eigenvalue weighted by atomic mass is 16.6. The number of aliphatic hydroxyl groups is 1. The Labute approximate surface area is 131 Å². The molecular formula is C17H24N2O3. The van der Waals surface area contributed by atoms with Crippen LogP contribution in [0, 0.1) is 6.92 Å². The van der Waals surface area contributed by atoms with Crippen molar-refractivity contribution in [2.45, 2.75) is 33.0 Å². The van der Waals surface area contributed by atoms with Crippen molar-refractivity contribution in [1.82, 2.24) is 4.98 Å². The molecule has 1 unspecified atom stereocenters. The fourth-order valence-electron chi connectivity index (χ4n) is 2.42. The Morgan fingerprint density at radius 1 is 1.50 bits per heavy atom. The van der Waals surface area contributed by atoms with Crippen LogP contribution in [0.1, 0.15) is 25.3 Å². The topological polar surface area (TPSA) is 58.7 Å². The summed E-state index contributed by atoms with van der Waals surface area (Å²) in [5.74, 6) is 0. The normalized spacial score (nSPS) is 13.6. The molecule has 0 bridgehead atoms. The minimum absolute atomic E-state index is 0.480. The number of allylic oxidation sites excluding steroid dienone is 1. The molecule has 0 aliphatic heterocycles. The number of hydrogen-bond acceptors (Lipinski definition) is 5. The van der Waals surface area contributed by atoms with Gasteiger partial charge < -0.3 is 19.2 Å². The number of ether oxygens (including phenoxy) is 1. The van der Waals surface area contributed by atoms with Gasteiger partial charge in [0, 0.05) is 27.1 Å². The standard InChI is InChI=1S/C17H24N2O3/c1-5-7-13(10-15(20)21-4)11-19(3)17-18-14-9-6-8-12(2)16(14)22-17/h6-9,15,20H,5,10-11H2,1-4H3/b13-7+. The molecule has 2 rings (SSSR count). The Balaban J connectivity index is 2.16. The van der Waals surface area contributed by atoms with Crippen LogP contribution < -0.4 is 4.90 Å². The van der Waals surface area contributed by atoms with E-state index in [2.05, 4.69) is 18.0 Å². The van der Waals surface area contributed by atoms with Gasteiger partial charge in [-0.25, -0.2) is 0 Å². The Kier molecular flexibility index (Phi) is 5.57. The predicted molar refractivity (Wildman–Crippen MR) is 88.0 cm³/mol. The second-order valence-electron chi connectivity index (χ2n) is 5.44. The smallest absolute Gasteiger partial charge is 0.298 e. The SMILES string of the molecule is CC/C=C(\CC(O)OC)CN(C)c1nc2cccc(C)c2o1. The van der Waals surface area contributed by atoms with Crippen LogP contribution in [0.15, 0.2) is 34.3 Å². The van der Waals surface area contributed by atoms with E-state index in [0.29, 0.717) is 19.0 Å². The van der Waals surface area contributed by atoms with Crippen molar-refractivity contribution in [3.8, 4) is 0 Å².